The Morgan fingerprint density at radius 1 is 1.08 bits per heavy atom. The van der Waals surface area contributed by atoms with Gasteiger partial charge in [0.05, 0.1) is 12.7 Å². The minimum absolute atomic E-state index is 0.0565. The predicted octanol–water partition coefficient (Wildman–Crippen LogP) is 5.08. The molecule has 220 valence electrons. The van der Waals surface area contributed by atoms with E-state index in [0.29, 0.717) is 42.4 Å². The van der Waals surface area contributed by atoms with Gasteiger partial charge in [0, 0.05) is 18.4 Å². The van der Waals surface area contributed by atoms with Gasteiger partial charge in [-0.1, -0.05) is 39.3 Å². The number of halogens is 3. The van der Waals surface area contributed by atoms with Crippen molar-refractivity contribution in [1.82, 2.24) is 5.32 Å². The van der Waals surface area contributed by atoms with Gasteiger partial charge in [-0.05, 0) is 91.8 Å². The highest BCUT2D eigenvalue weighted by atomic mass is 19.4. The van der Waals surface area contributed by atoms with Gasteiger partial charge in [-0.2, -0.15) is 13.2 Å². The molecular weight excluding hydrogens is 511 g/mol. The standard InChI is InChI=1S/C30H44F3NO5/c1-16-7-12-28(38-15-16)17(2)24-23(39-28)14-22-20-6-5-18-13-19(34-25(35)29(36,37)30(31,32)33)8-10-26(18,3)21(20)9-11-27(22,24)4/h9,16-20,22-24,36-37H,5-8,10-15H2,1-4H3,(H,34,35)/t16-,17+,18+,19-,20-,22+,23?,24?,26+,27+,28-/m1/s1. The molecule has 6 rings (SSSR count). The molecule has 6 nitrogen and oxygen atoms in total. The van der Waals surface area contributed by atoms with Crippen LogP contribution in [0.3, 0.4) is 0 Å². The highest BCUT2D eigenvalue weighted by Gasteiger charge is 2.68. The average Bonchev–Trinajstić information content (AvgIpc) is 3.30. The number of ether oxygens (including phenoxy) is 2. The molecule has 0 radical (unpaired) electrons. The van der Waals surface area contributed by atoms with E-state index in [1.807, 2.05) is 0 Å². The maximum Gasteiger partial charge on any atom is 0.453 e. The summed E-state index contributed by atoms with van der Waals surface area (Å²) in [6, 6.07) is -0.503. The molecular formula is C30H44F3NO5. The molecule has 1 spiro atoms. The highest BCUT2D eigenvalue weighted by molar-refractivity contribution is 5.84. The van der Waals surface area contributed by atoms with Gasteiger partial charge in [0.25, 0.3) is 5.91 Å². The molecule has 0 aromatic heterocycles. The van der Waals surface area contributed by atoms with Crippen molar-refractivity contribution in [3.63, 3.8) is 0 Å². The third-order valence-corrected chi connectivity index (χ3v) is 12.3. The summed E-state index contributed by atoms with van der Waals surface area (Å²) < 4.78 is 52.1. The van der Waals surface area contributed by atoms with Crippen LogP contribution in [-0.4, -0.2) is 52.6 Å². The molecule has 2 unspecified atom stereocenters. The number of aliphatic hydroxyl groups is 2. The SMILES string of the molecule is C[C@@H]1CC[C@@]2(OC1)OC1C[C@H]3[C@@H]4CC[C@H]5C[C@H](NC(=O)C(O)(O)C(F)(F)F)CC[C@]5(C)C4=CC[C@]3(C)C1[C@@H]2C. The molecule has 3 N–H and O–H groups in total. The van der Waals surface area contributed by atoms with Crippen molar-refractivity contribution < 1.29 is 37.7 Å². The van der Waals surface area contributed by atoms with E-state index < -0.39 is 29.7 Å². The first-order valence-electron chi connectivity index (χ1n) is 15.0. The molecule has 2 heterocycles. The van der Waals surface area contributed by atoms with Crippen molar-refractivity contribution in [3.05, 3.63) is 11.6 Å². The number of allylic oxidation sites excluding steroid dienone is 2. The Hall–Kier alpha value is -1.16. The lowest BCUT2D eigenvalue weighted by Crippen LogP contribution is -2.60. The second-order valence-electron chi connectivity index (χ2n) is 14.4. The van der Waals surface area contributed by atoms with Crippen molar-refractivity contribution in [3.8, 4) is 0 Å². The Balaban J connectivity index is 1.17. The molecule has 4 aliphatic carbocycles. The van der Waals surface area contributed by atoms with Crippen LogP contribution < -0.4 is 5.32 Å². The van der Waals surface area contributed by atoms with Gasteiger partial charge in [-0.25, -0.2) is 0 Å². The first kappa shape index (κ1) is 28.0. The summed E-state index contributed by atoms with van der Waals surface area (Å²) in [6.07, 6.45) is 5.27. The van der Waals surface area contributed by atoms with Crippen molar-refractivity contribution in [2.75, 3.05) is 6.61 Å². The first-order valence-corrected chi connectivity index (χ1v) is 15.0. The molecule has 2 aliphatic heterocycles. The van der Waals surface area contributed by atoms with Crippen LogP contribution in [0.4, 0.5) is 13.2 Å². The molecule has 0 aromatic rings. The summed E-state index contributed by atoms with van der Waals surface area (Å²) in [6.45, 7) is 10.1. The van der Waals surface area contributed by atoms with Gasteiger partial charge < -0.3 is 25.0 Å². The lowest BCUT2D eigenvalue weighted by Gasteiger charge is -2.57. The Bertz CT molecular complexity index is 1040. The molecule has 11 atom stereocenters. The minimum atomic E-state index is -5.44. The number of nitrogens with one attached hydrogen (secondary N) is 1. The summed E-state index contributed by atoms with van der Waals surface area (Å²) in [7, 11) is 0. The molecule has 39 heavy (non-hydrogen) atoms. The van der Waals surface area contributed by atoms with E-state index >= 15 is 0 Å². The van der Waals surface area contributed by atoms with Crippen molar-refractivity contribution in [2.24, 2.45) is 46.3 Å². The van der Waals surface area contributed by atoms with Crippen LogP contribution >= 0.6 is 0 Å². The average molecular weight is 556 g/mol. The molecule has 2 saturated heterocycles. The van der Waals surface area contributed by atoms with Crippen LogP contribution in [-0.2, 0) is 14.3 Å². The monoisotopic (exact) mass is 555 g/mol. The molecule has 0 bridgehead atoms. The van der Waals surface area contributed by atoms with Gasteiger partial charge in [0.2, 0.25) is 0 Å². The van der Waals surface area contributed by atoms with Gasteiger partial charge in [-0.3, -0.25) is 4.79 Å². The van der Waals surface area contributed by atoms with E-state index in [1.165, 1.54) is 5.57 Å². The fourth-order valence-corrected chi connectivity index (χ4v) is 10.1. The summed E-state index contributed by atoms with van der Waals surface area (Å²) in [5.41, 5.74) is 1.61. The highest BCUT2D eigenvalue weighted by Crippen LogP contribution is 2.69. The topological polar surface area (TPSA) is 88.0 Å². The van der Waals surface area contributed by atoms with Crippen LogP contribution in [0.2, 0.25) is 0 Å². The molecule has 0 aromatic carbocycles. The predicted molar refractivity (Wildman–Crippen MR) is 137 cm³/mol. The summed E-state index contributed by atoms with van der Waals surface area (Å²) >= 11 is 0. The van der Waals surface area contributed by atoms with E-state index in [9.17, 15) is 28.2 Å². The first-order chi connectivity index (χ1) is 18.1. The van der Waals surface area contributed by atoms with E-state index in [0.717, 1.165) is 51.6 Å². The summed E-state index contributed by atoms with van der Waals surface area (Å²) in [4.78, 5) is 12.1. The fourth-order valence-electron chi connectivity index (χ4n) is 10.1. The zero-order chi connectivity index (χ0) is 28.2. The number of carbonyl (C=O) groups excluding carboxylic acids is 1. The lowest BCUT2D eigenvalue weighted by molar-refractivity contribution is -0.329. The zero-order valence-corrected chi connectivity index (χ0v) is 23.5. The zero-order valence-electron chi connectivity index (χ0n) is 23.5. The van der Waals surface area contributed by atoms with Gasteiger partial charge in [0.15, 0.2) is 5.79 Å². The van der Waals surface area contributed by atoms with Crippen molar-refractivity contribution >= 4 is 5.91 Å². The maximum atomic E-state index is 12.9. The van der Waals surface area contributed by atoms with E-state index in [-0.39, 0.29) is 22.9 Å². The summed E-state index contributed by atoms with van der Waals surface area (Å²) in [5.74, 6) is -3.93. The number of hydrogen-bond donors (Lipinski definition) is 3. The number of carbonyl (C=O) groups is 1. The van der Waals surface area contributed by atoms with Crippen molar-refractivity contribution in [2.45, 2.75) is 115 Å². The molecule has 5 fully saturated rings. The molecule has 1 amide bonds. The van der Waals surface area contributed by atoms with Crippen LogP contribution in [0.1, 0.15) is 85.5 Å². The Kier molecular flexibility index (Phi) is 6.40. The molecule has 9 heteroatoms. The Morgan fingerprint density at radius 2 is 1.82 bits per heavy atom. The van der Waals surface area contributed by atoms with Gasteiger partial charge >= 0.3 is 12.0 Å². The second kappa shape index (κ2) is 8.92. The number of rotatable bonds is 2. The van der Waals surface area contributed by atoms with Crippen molar-refractivity contribution in [1.29, 1.82) is 0 Å². The summed E-state index contributed by atoms with van der Waals surface area (Å²) in [5, 5.41) is 21.0. The van der Waals surface area contributed by atoms with Crippen LogP contribution in [0.25, 0.3) is 0 Å². The second-order valence-corrected chi connectivity index (χ2v) is 14.4. The largest absolute Gasteiger partial charge is 0.453 e. The number of hydrogen-bond acceptors (Lipinski definition) is 5. The third-order valence-electron chi connectivity index (χ3n) is 12.3. The third kappa shape index (κ3) is 3.99. The van der Waals surface area contributed by atoms with Crippen LogP contribution in [0, 0.1) is 46.3 Å². The Morgan fingerprint density at radius 3 is 2.49 bits per heavy atom. The molecule has 6 aliphatic rings. The number of fused-ring (bicyclic) bond motifs is 7. The van der Waals surface area contributed by atoms with Crippen LogP contribution in [0.5, 0.6) is 0 Å². The van der Waals surface area contributed by atoms with E-state index in [2.05, 4.69) is 39.1 Å². The fraction of sp³-hybridized carbons (Fsp3) is 0.900. The lowest BCUT2D eigenvalue weighted by atomic mass is 9.48. The number of alkyl halides is 3. The van der Waals surface area contributed by atoms with E-state index in [1.54, 1.807) is 0 Å². The maximum absolute atomic E-state index is 12.9. The van der Waals surface area contributed by atoms with Crippen LogP contribution in [0.15, 0.2) is 11.6 Å². The Labute approximate surface area is 229 Å². The van der Waals surface area contributed by atoms with Gasteiger partial charge in [-0.15, -0.1) is 0 Å². The normalized spacial score (nSPS) is 49.5. The van der Waals surface area contributed by atoms with E-state index in [4.69, 9.17) is 9.47 Å². The minimum Gasteiger partial charge on any atom is -0.351 e. The smallest absolute Gasteiger partial charge is 0.351 e. The molecule has 3 saturated carbocycles. The number of amides is 1. The van der Waals surface area contributed by atoms with Gasteiger partial charge in [0.1, 0.15) is 0 Å². The quantitative estimate of drug-likeness (QED) is 0.327.